The Bertz CT molecular complexity index is 706. The zero-order valence-corrected chi connectivity index (χ0v) is 15.0. The fraction of sp³-hybridized carbons (Fsp3) is 0.312. The van der Waals surface area contributed by atoms with Gasteiger partial charge in [-0.05, 0) is 24.3 Å². The number of carbonyl (C=O) groups is 1. The molecule has 6 nitrogen and oxygen atoms in total. The molecular formula is C16H20Cl2FN3O3. The third kappa shape index (κ3) is 5.34. The third-order valence-corrected chi connectivity index (χ3v) is 3.63. The molecule has 9 heteroatoms. The lowest BCUT2D eigenvalue weighted by Gasteiger charge is -2.29. The minimum Gasteiger partial charge on any atom is -0.467 e. The highest BCUT2D eigenvalue weighted by Crippen LogP contribution is 2.23. The van der Waals surface area contributed by atoms with E-state index in [-0.39, 0.29) is 37.3 Å². The summed E-state index contributed by atoms with van der Waals surface area (Å²) >= 11 is 0. The Morgan fingerprint density at radius 1 is 1.20 bits per heavy atom. The first-order valence-corrected chi connectivity index (χ1v) is 7.38. The Labute approximate surface area is 157 Å². The predicted molar refractivity (Wildman–Crippen MR) is 98.5 cm³/mol. The van der Waals surface area contributed by atoms with E-state index >= 15 is 0 Å². The fourth-order valence-electron chi connectivity index (χ4n) is 2.46. The number of amides is 1. The molecule has 2 heterocycles. The van der Waals surface area contributed by atoms with E-state index in [1.54, 1.807) is 12.1 Å². The number of ether oxygens (including phenoxy) is 1. The SMILES string of the molecule is Cl.Cl.NCc1cc(C(=O)Nc2cc(F)cc(N3CCOCC3)c2)co1. The average Bonchev–Trinajstić information content (AvgIpc) is 3.04. The minimum atomic E-state index is -0.404. The number of nitrogens with zero attached hydrogens (tertiary/aromatic N) is 1. The first-order chi connectivity index (χ1) is 11.2. The molecule has 1 aromatic heterocycles. The van der Waals surface area contributed by atoms with Gasteiger partial charge in [0.2, 0.25) is 0 Å². The van der Waals surface area contributed by atoms with Gasteiger partial charge < -0.3 is 25.1 Å². The summed E-state index contributed by atoms with van der Waals surface area (Å²) in [6.07, 6.45) is 1.33. The molecule has 1 aliphatic heterocycles. The summed E-state index contributed by atoms with van der Waals surface area (Å²) in [6, 6.07) is 6.05. The fourth-order valence-corrected chi connectivity index (χ4v) is 2.46. The summed E-state index contributed by atoms with van der Waals surface area (Å²) in [4.78, 5) is 14.2. The van der Waals surface area contributed by atoms with Gasteiger partial charge in [-0.1, -0.05) is 0 Å². The van der Waals surface area contributed by atoms with Gasteiger partial charge in [-0.3, -0.25) is 4.79 Å². The van der Waals surface area contributed by atoms with Crippen LogP contribution in [0.5, 0.6) is 0 Å². The standard InChI is InChI=1S/C16H18FN3O3.2ClH/c17-12-6-13(8-14(7-12)20-1-3-22-4-2-20)19-16(21)11-5-15(9-18)23-10-11;;/h5-8,10H,1-4,9,18H2,(H,19,21);2*1H. The maximum atomic E-state index is 13.8. The number of halogens is 3. The number of hydrogen-bond acceptors (Lipinski definition) is 5. The van der Waals surface area contributed by atoms with E-state index in [1.807, 2.05) is 4.90 Å². The number of carbonyl (C=O) groups excluding carboxylic acids is 1. The van der Waals surface area contributed by atoms with E-state index < -0.39 is 5.82 Å². The molecule has 0 saturated carbocycles. The van der Waals surface area contributed by atoms with Crippen molar-refractivity contribution in [2.24, 2.45) is 5.73 Å². The molecule has 1 aromatic carbocycles. The molecule has 0 atom stereocenters. The number of hydrogen-bond donors (Lipinski definition) is 2. The molecule has 25 heavy (non-hydrogen) atoms. The maximum absolute atomic E-state index is 13.8. The van der Waals surface area contributed by atoms with Gasteiger partial charge in [0.1, 0.15) is 17.8 Å². The molecule has 1 aliphatic rings. The molecule has 0 radical (unpaired) electrons. The lowest BCUT2D eigenvalue weighted by atomic mass is 10.2. The molecular weight excluding hydrogens is 372 g/mol. The van der Waals surface area contributed by atoms with Crippen molar-refractivity contribution in [3.63, 3.8) is 0 Å². The van der Waals surface area contributed by atoms with Gasteiger partial charge in [0.05, 0.1) is 25.3 Å². The van der Waals surface area contributed by atoms with E-state index in [0.717, 1.165) is 5.69 Å². The maximum Gasteiger partial charge on any atom is 0.258 e. The van der Waals surface area contributed by atoms with Gasteiger partial charge in [-0.2, -0.15) is 0 Å². The lowest BCUT2D eigenvalue weighted by Crippen LogP contribution is -2.36. The topological polar surface area (TPSA) is 80.7 Å². The van der Waals surface area contributed by atoms with E-state index in [1.165, 1.54) is 18.4 Å². The first-order valence-electron chi connectivity index (χ1n) is 7.38. The zero-order chi connectivity index (χ0) is 16.2. The molecule has 1 fully saturated rings. The van der Waals surface area contributed by atoms with Gasteiger partial charge in [0.25, 0.3) is 5.91 Å². The summed E-state index contributed by atoms with van der Waals surface area (Å²) in [5.41, 5.74) is 6.91. The molecule has 138 valence electrons. The van der Waals surface area contributed by atoms with Crippen LogP contribution in [0.2, 0.25) is 0 Å². The number of anilines is 2. The monoisotopic (exact) mass is 391 g/mol. The van der Waals surface area contributed by atoms with E-state index in [9.17, 15) is 9.18 Å². The first kappa shape index (κ1) is 21.2. The van der Waals surface area contributed by atoms with Crippen LogP contribution in [-0.4, -0.2) is 32.2 Å². The molecule has 0 bridgehead atoms. The summed E-state index contributed by atoms with van der Waals surface area (Å²) in [5, 5.41) is 2.68. The quantitative estimate of drug-likeness (QED) is 0.837. The van der Waals surface area contributed by atoms with Crippen LogP contribution in [0.1, 0.15) is 16.1 Å². The summed E-state index contributed by atoms with van der Waals surface area (Å²) in [7, 11) is 0. The van der Waals surface area contributed by atoms with Crippen LogP contribution in [-0.2, 0) is 11.3 Å². The molecule has 0 unspecified atom stereocenters. The molecule has 0 aliphatic carbocycles. The number of morpholine rings is 1. The summed E-state index contributed by atoms with van der Waals surface area (Å²) in [6.45, 7) is 2.81. The van der Waals surface area contributed by atoms with Crippen LogP contribution in [0.25, 0.3) is 0 Å². The van der Waals surface area contributed by atoms with Crippen LogP contribution in [0.15, 0.2) is 34.9 Å². The molecule has 2 aromatic rings. The number of nitrogens with two attached hydrogens (primary N) is 1. The second kappa shape index (κ2) is 9.62. The van der Waals surface area contributed by atoms with Gasteiger partial charge >= 0.3 is 0 Å². The summed E-state index contributed by atoms with van der Waals surface area (Å²) in [5.74, 6) is -0.255. The van der Waals surface area contributed by atoms with Gasteiger partial charge in [-0.15, -0.1) is 24.8 Å². The minimum absolute atomic E-state index is 0. The average molecular weight is 392 g/mol. The number of furan rings is 1. The molecule has 3 N–H and O–H groups in total. The highest BCUT2D eigenvalue weighted by atomic mass is 35.5. The Morgan fingerprint density at radius 2 is 1.92 bits per heavy atom. The summed E-state index contributed by atoms with van der Waals surface area (Å²) < 4.78 is 24.3. The van der Waals surface area contributed by atoms with Crippen LogP contribution < -0.4 is 16.0 Å². The zero-order valence-electron chi connectivity index (χ0n) is 13.4. The van der Waals surface area contributed by atoms with E-state index in [2.05, 4.69) is 5.32 Å². The van der Waals surface area contributed by atoms with E-state index in [0.29, 0.717) is 43.3 Å². The van der Waals surface area contributed by atoms with Crippen molar-refractivity contribution in [3.05, 3.63) is 47.7 Å². The Kier molecular flexibility index (Phi) is 8.18. The molecule has 0 spiro atoms. The number of rotatable bonds is 4. The van der Waals surface area contributed by atoms with Crippen molar-refractivity contribution < 1.29 is 18.3 Å². The smallest absolute Gasteiger partial charge is 0.258 e. The molecule has 1 saturated heterocycles. The van der Waals surface area contributed by atoms with Crippen LogP contribution in [0.3, 0.4) is 0 Å². The highest BCUT2D eigenvalue weighted by molar-refractivity contribution is 6.04. The predicted octanol–water partition coefficient (Wildman–Crippen LogP) is 2.81. The van der Waals surface area contributed by atoms with Crippen molar-refractivity contribution in [3.8, 4) is 0 Å². The Morgan fingerprint density at radius 3 is 2.56 bits per heavy atom. The van der Waals surface area contributed by atoms with Gasteiger partial charge in [-0.25, -0.2) is 4.39 Å². The van der Waals surface area contributed by atoms with Crippen molar-refractivity contribution in [1.82, 2.24) is 0 Å². The van der Waals surface area contributed by atoms with Crippen molar-refractivity contribution >= 4 is 42.1 Å². The van der Waals surface area contributed by atoms with Gasteiger partial charge in [0, 0.05) is 24.5 Å². The Hall–Kier alpha value is -1.80. The van der Waals surface area contributed by atoms with Crippen LogP contribution in [0.4, 0.5) is 15.8 Å². The third-order valence-electron chi connectivity index (χ3n) is 3.63. The van der Waals surface area contributed by atoms with Crippen molar-refractivity contribution in [2.75, 3.05) is 36.5 Å². The van der Waals surface area contributed by atoms with Gasteiger partial charge in [0.15, 0.2) is 0 Å². The van der Waals surface area contributed by atoms with E-state index in [4.69, 9.17) is 14.9 Å². The second-order valence-corrected chi connectivity index (χ2v) is 5.26. The lowest BCUT2D eigenvalue weighted by molar-refractivity contribution is 0.102. The van der Waals surface area contributed by atoms with Crippen molar-refractivity contribution in [1.29, 1.82) is 0 Å². The molecule has 3 rings (SSSR count). The van der Waals surface area contributed by atoms with Crippen LogP contribution >= 0.6 is 24.8 Å². The number of nitrogens with one attached hydrogen (secondary N) is 1. The van der Waals surface area contributed by atoms with Crippen LogP contribution in [0, 0.1) is 5.82 Å². The molecule has 1 amide bonds. The second-order valence-electron chi connectivity index (χ2n) is 5.26. The van der Waals surface area contributed by atoms with Crippen molar-refractivity contribution in [2.45, 2.75) is 6.54 Å². The normalized spacial score (nSPS) is 13.6. The number of benzene rings is 1. The highest BCUT2D eigenvalue weighted by Gasteiger charge is 2.15. The largest absolute Gasteiger partial charge is 0.467 e. The Balaban J connectivity index is 0.00000156.